The zero-order valence-electron chi connectivity index (χ0n) is 11.4. The van der Waals surface area contributed by atoms with Gasteiger partial charge in [0.15, 0.2) is 0 Å². The maximum Gasteiger partial charge on any atom is 0.407 e. The van der Waals surface area contributed by atoms with Gasteiger partial charge in [-0.3, -0.25) is 0 Å². The van der Waals surface area contributed by atoms with E-state index in [1.807, 2.05) is 0 Å². The van der Waals surface area contributed by atoms with Gasteiger partial charge in [0.05, 0.1) is 0 Å². The number of amides is 1. The third kappa shape index (κ3) is 5.76. The molecule has 1 aliphatic carbocycles. The largest absolute Gasteiger partial charge is 0.465 e. The van der Waals surface area contributed by atoms with Crippen LogP contribution in [-0.2, 0) is 0 Å². The zero-order valence-corrected chi connectivity index (χ0v) is 13.6. The van der Waals surface area contributed by atoms with Crippen molar-refractivity contribution in [1.29, 1.82) is 0 Å². The number of nitrogens with zero attached hydrogens (tertiary/aromatic N) is 1. The highest BCUT2D eigenvalue weighted by Gasteiger charge is 2.25. The average molecular weight is 367 g/mol. The second-order valence-corrected chi connectivity index (χ2v) is 6.98. The lowest BCUT2D eigenvalue weighted by Crippen LogP contribution is -2.41. The van der Waals surface area contributed by atoms with Crippen LogP contribution in [0.4, 0.5) is 4.79 Å². The van der Waals surface area contributed by atoms with E-state index in [0.717, 1.165) is 12.8 Å². The molecular weight excluding hydrogens is 341 g/mol. The first-order chi connectivity index (χ1) is 8.63. The van der Waals surface area contributed by atoms with Gasteiger partial charge in [0.2, 0.25) is 0 Å². The summed E-state index contributed by atoms with van der Waals surface area (Å²) >= 11 is 2.46. The highest BCUT2D eigenvalue weighted by atomic mass is 127. The summed E-state index contributed by atoms with van der Waals surface area (Å²) in [5.74, 6) is 0. The summed E-state index contributed by atoms with van der Waals surface area (Å²) in [7, 11) is 1.73. The van der Waals surface area contributed by atoms with Crippen molar-refractivity contribution >= 4 is 28.7 Å². The molecule has 0 saturated heterocycles. The highest BCUT2D eigenvalue weighted by molar-refractivity contribution is 14.1. The van der Waals surface area contributed by atoms with Crippen molar-refractivity contribution in [3.63, 3.8) is 0 Å². The number of rotatable bonds is 1. The second-order valence-electron chi connectivity index (χ2n) is 5.38. The molecule has 0 heterocycles. The maximum absolute atomic E-state index is 11.1. The SMILES string of the molecule is CN(C(=O)O)C1CCCCCCCCCCC1I. The van der Waals surface area contributed by atoms with Crippen molar-refractivity contribution in [3.05, 3.63) is 0 Å². The van der Waals surface area contributed by atoms with Crippen LogP contribution in [0.5, 0.6) is 0 Å². The van der Waals surface area contributed by atoms with Gasteiger partial charge >= 0.3 is 6.09 Å². The molecule has 0 aromatic rings. The molecule has 18 heavy (non-hydrogen) atoms. The number of hydrogen-bond acceptors (Lipinski definition) is 1. The van der Waals surface area contributed by atoms with E-state index in [-0.39, 0.29) is 6.04 Å². The zero-order chi connectivity index (χ0) is 13.4. The number of hydrogen-bond donors (Lipinski definition) is 1. The fraction of sp³-hybridized carbons (Fsp3) is 0.929. The molecule has 0 aromatic carbocycles. The lowest BCUT2D eigenvalue weighted by atomic mass is 9.97. The molecule has 2 atom stereocenters. The molecule has 2 unspecified atom stereocenters. The van der Waals surface area contributed by atoms with E-state index in [1.54, 1.807) is 7.05 Å². The Hall–Kier alpha value is 0. The average Bonchev–Trinajstić information content (AvgIpc) is 2.33. The molecule has 0 radical (unpaired) electrons. The fourth-order valence-corrected chi connectivity index (χ4v) is 3.99. The van der Waals surface area contributed by atoms with Crippen LogP contribution < -0.4 is 0 Å². The summed E-state index contributed by atoms with van der Waals surface area (Å²) in [5.41, 5.74) is 0. The molecular formula is C14H26INO2. The van der Waals surface area contributed by atoms with E-state index in [2.05, 4.69) is 22.6 Å². The van der Waals surface area contributed by atoms with Crippen molar-refractivity contribution in [2.75, 3.05) is 7.05 Å². The van der Waals surface area contributed by atoms with Crippen molar-refractivity contribution < 1.29 is 9.90 Å². The molecule has 1 amide bonds. The van der Waals surface area contributed by atoms with Crippen LogP contribution in [-0.4, -0.2) is 33.1 Å². The summed E-state index contributed by atoms with van der Waals surface area (Å²) in [5, 5.41) is 9.16. The standard InChI is InChI=1S/C14H26INO2/c1-16(14(17)18)13-11-9-7-5-3-2-4-6-8-10-12(13)15/h12-13H,2-11H2,1H3,(H,17,18). The summed E-state index contributed by atoms with van der Waals surface area (Å²) in [6.07, 6.45) is 11.8. The van der Waals surface area contributed by atoms with Gasteiger partial charge in [0.1, 0.15) is 0 Å². The molecule has 0 spiro atoms. The quantitative estimate of drug-likeness (QED) is 0.540. The minimum absolute atomic E-state index is 0.197. The number of carboxylic acid groups (broad SMARTS) is 1. The molecule has 1 saturated carbocycles. The van der Waals surface area contributed by atoms with Crippen molar-refractivity contribution in [1.82, 2.24) is 4.90 Å². The van der Waals surface area contributed by atoms with Crippen LogP contribution in [0.3, 0.4) is 0 Å². The minimum Gasteiger partial charge on any atom is -0.465 e. The van der Waals surface area contributed by atoms with E-state index in [1.165, 1.54) is 56.3 Å². The summed E-state index contributed by atoms with van der Waals surface area (Å²) in [4.78, 5) is 12.7. The summed E-state index contributed by atoms with van der Waals surface area (Å²) in [6.45, 7) is 0. The summed E-state index contributed by atoms with van der Waals surface area (Å²) in [6, 6.07) is 0.197. The predicted octanol–water partition coefficient (Wildman–Crippen LogP) is 4.68. The smallest absolute Gasteiger partial charge is 0.407 e. The molecule has 1 rings (SSSR count). The molecule has 1 fully saturated rings. The van der Waals surface area contributed by atoms with Gasteiger partial charge in [0, 0.05) is 17.0 Å². The number of halogens is 1. The fourth-order valence-electron chi connectivity index (χ4n) is 2.70. The second kappa shape index (κ2) is 8.99. The van der Waals surface area contributed by atoms with E-state index >= 15 is 0 Å². The molecule has 0 aliphatic heterocycles. The van der Waals surface area contributed by atoms with E-state index in [0.29, 0.717) is 3.92 Å². The molecule has 106 valence electrons. The Morgan fingerprint density at radius 1 is 1.00 bits per heavy atom. The first-order valence-corrected chi connectivity index (χ1v) is 8.47. The Labute approximate surface area is 124 Å². The minimum atomic E-state index is -0.784. The van der Waals surface area contributed by atoms with E-state index in [9.17, 15) is 4.79 Å². The monoisotopic (exact) mass is 367 g/mol. The molecule has 1 N–H and O–H groups in total. The van der Waals surface area contributed by atoms with Gasteiger partial charge in [-0.2, -0.15) is 0 Å². The Kier molecular flexibility index (Phi) is 8.02. The molecule has 4 heteroatoms. The van der Waals surface area contributed by atoms with Crippen LogP contribution in [0.2, 0.25) is 0 Å². The van der Waals surface area contributed by atoms with Crippen LogP contribution >= 0.6 is 22.6 Å². The molecule has 1 aliphatic rings. The van der Waals surface area contributed by atoms with Crippen molar-refractivity contribution in [3.8, 4) is 0 Å². The van der Waals surface area contributed by atoms with E-state index < -0.39 is 6.09 Å². The van der Waals surface area contributed by atoms with Gasteiger partial charge in [0.25, 0.3) is 0 Å². The topological polar surface area (TPSA) is 40.5 Å². The van der Waals surface area contributed by atoms with Gasteiger partial charge in [-0.25, -0.2) is 4.79 Å². The highest BCUT2D eigenvalue weighted by Crippen LogP contribution is 2.25. The van der Waals surface area contributed by atoms with Gasteiger partial charge in [-0.1, -0.05) is 74.0 Å². The lowest BCUT2D eigenvalue weighted by Gasteiger charge is -2.30. The molecule has 0 aromatic heterocycles. The van der Waals surface area contributed by atoms with Crippen LogP contribution in [0.25, 0.3) is 0 Å². The first-order valence-electron chi connectivity index (χ1n) is 7.22. The van der Waals surface area contributed by atoms with Crippen LogP contribution in [0, 0.1) is 0 Å². The van der Waals surface area contributed by atoms with E-state index in [4.69, 9.17) is 5.11 Å². The summed E-state index contributed by atoms with van der Waals surface area (Å²) < 4.78 is 0.461. The Balaban J connectivity index is 2.54. The molecule has 0 bridgehead atoms. The number of alkyl halides is 1. The van der Waals surface area contributed by atoms with Gasteiger partial charge < -0.3 is 10.0 Å². The Bertz CT molecular complexity index is 248. The normalized spacial score (nSPS) is 27.9. The third-order valence-corrected chi connectivity index (χ3v) is 5.40. The van der Waals surface area contributed by atoms with Crippen molar-refractivity contribution in [2.24, 2.45) is 0 Å². The Morgan fingerprint density at radius 2 is 1.44 bits per heavy atom. The first kappa shape index (κ1) is 16.1. The predicted molar refractivity (Wildman–Crippen MR) is 83.6 cm³/mol. The lowest BCUT2D eigenvalue weighted by molar-refractivity contribution is 0.134. The third-order valence-electron chi connectivity index (χ3n) is 3.95. The van der Waals surface area contributed by atoms with Gasteiger partial charge in [-0.15, -0.1) is 0 Å². The Morgan fingerprint density at radius 3 is 1.94 bits per heavy atom. The van der Waals surface area contributed by atoms with Crippen LogP contribution in [0.1, 0.15) is 64.2 Å². The van der Waals surface area contributed by atoms with Crippen LogP contribution in [0.15, 0.2) is 0 Å². The molecule has 3 nitrogen and oxygen atoms in total. The maximum atomic E-state index is 11.1. The number of carbonyl (C=O) groups is 1. The van der Waals surface area contributed by atoms with Crippen molar-refractivity contribution in [2.45, 2.75) is 74.2 Å². The van der Waals surface area contributed by atoms with Gasteiger partial charge in [-0.05, 0) is 12.8 Å².